The standard InChI is InChI=1S/C19H20FN7O/c1-26-18(23-24-25-26)12-27-10-9-16-13(11-27)3-2-4-17(16)22-19(28)21-15-7-5-14(20)6-8-15/h2-8H,9-12H2,1H3,(H2,21,22,28). The Morgan fingerprint density at radius 1 is 1.18 bits per heavy atom. The van der Waals surface area contributed by atoms with Crippen molar-refractivity contribution in [3.63, 3.8) is 0 Å². The highest BCUT2D eigenvalue weighted by Crippen LogP contribution is 2.27. The molecule has 2 aromatic carbocycles. The summed E-state index contributed by atoms with van der Waals surface area (Å²) in [5.41, 5.74) is 3.62. The molecule has 1 aliphatic rings. The number of carbonyl (C=O) groups excluding carboxylic acids is 1. The Hall–Kier alpha value is -3.33. The van der Waals surface area contributed by atoms with Crippen LogP contribution in [0.2, 0.25) is 0 Å². The number of nitrogens with zero attached hydrogens (tertiary/aromatic N) is 5. The van der Waals surface area contributed by atoms with E-state index in [9.17, 15) is 9.18 Å². The maximum absolute atomic E-state index is 13.0. The lowest BCUT2D eigenvalue weighted by Crippen LogP contribution is -2.32. The molecule has 0 radical (unpaired) electrons. The minimum Gasteiger partial charge on any atom is -0.308 e. The van der Waals surface area contributed by atoms with Crippen molar-refractivity contribution in [1.29, 1.82) is 0 Å². The van der Waals surface area contributed by atoms with Gasteiger partial charge in [0.25, 0.3) is 0 Å². The molecule has 28 heavy (non-hydrogen) atoms. The maximum Gasteiger partial charge on any atom is 0.323 e. The van der Waals surface area contributed by atoms with E-state index in [1.165, 1.54) is 29.8 Å². The molecule has 1 aromatic heterocycles. The van der Waals surface area contributed by atoms with E-state index >= 15 is 0 Å². The van der Waals surface area contributed by atoms with E-state index in [1.54, 1.807) is 4.68 Å². The Bertz CT molecular complexity index is 986. The van der Waals surface area contributed by atoms with Crippen LogP contribution in [0.3, 0.4) is 0 Å². The van der Waals surface area contributed by atoms with E-state index in [1.807, 2.05) is 19.2 Å². The van der Waals surface area contributed by atoms with Crippen LogP contribution in [-0.4, -0.2) is 37.7 Å². The molecule has 0 saturated carbocycles. The molecule has 2 N–H and O–H groups in total. The summed E-state index contributed by atoms with van der Waals surface area (Å²) in [5, 5.41) is 17.2. The first-order chi connectivity index (χ1) is 13.6. The molecule has 0 aliphatic carbocycles. The number of nitrogens with one attached hydrogen (secondary N) is 2. The molecule has 4 rings (SSSR count). The van der Waals surface area contributed by atoms with Crippen molar-refractivity contribution in [3.8, 4) is 0 Å². The molecular formula is C19H20FN7O. The second-order valence-corrected chi connectivity index (χ2v) is 6.71. The van der Waals surface area contributed by atoms with E-state index in [0.29, 0.717) is 12.2 Å². The number of amides is 2. The zero-order chi connectivity index (χ0) is 19.5. The second kappa shape index (κ2) is 7.73. The summed E-state index contributed by atoms with van der Waals surface area (Å²) >= 11 is 0. The van der Waals surface area contributed by atoms with Crippen molar-refractivity contribution in [1.82, 2.24) is 25.1 Å². The third-order valence-corrected chi connectivity index (χ3v) is 4.77. The van der Waals surface area contributed by atoms with Crippen LogP contribution in [0.15, 0.2) is 42.5 Å². The van der Waals surface area contributed by atoms with Gasteiger partial charge in [0.2, 0.25) is 0 Å². The normalized spacial score (nSPS) is 13.8. The zero-order valence-electron chi connectivity index (χ0n) is 15.4. The first kappa shape index (κ1) is 18.1. The Kier molecular flexibility index (Phi) is 4.98. The minimum atomic E-state index is -0.354. The second-order valence-electron chi connectivity index (χ2n) is 6.71. The van der Waals surface area contributed by atoms with Crippen LogP contribution in [-0.2, 0) is 26.6 Å². The highest BCUT2D eigenvalue weighted by molar-refractivity contribution is 6.00. The van der Waals surface area contributed by atoms with Gasteiger partial charge in [0.05, 0.1) is 6.54 Å². The van der Waals surface area contributed by atoms with E-state index in [2.05, 4.69) is 37.1 Å². The molecule has 0 atom stereocenters. The summed E-state index contributed by atoms with van der Waals surface area (Å²) in [6.07, 6.45) is 0.813. The third kappa shape index (κ3) is 3.99. The topological polar surface area (TPSA) is 88.0 Å². The van der Waals surface area contributed by atoms with E-state index in [0.717, 1.165) is 36.6 Å². The SMILES string of the molecule is Cn1nnnc1CN1CCc2c(cccc2NC(=O)Nc2ccc(F)cc2)C1. The fraction of sp³-hybridized carbons (Fsp3) is 0.263. The smallest absolute Gasteiger partial charge is 0.308 e. The summed E-state index contributed by atoms with van der Waals surface area (Å²) in [6, 6.07) is 11.2. The Morgan fingerprint density at radius 3 is 2.75 bits per heavy atom. The maximum atomic E-state index is 13.0. The van der Waals surface area contributed by atoms with Crippen LogP contribution in [0.1, 0.15) is 17.0 Å². The third-order valence-electron chi connectivity index (χ3n) is 4.77. The van der Waals surface area contributed by atoms with Gasteiger partial charge in [0, 0.05) is 31.5 Å². The monoisotopic (exact) mass is 381 g/mol. The predicted molar refractivity (Wildman–Crippen MR) is 102 cm³/mol. The molecular weight excluding hydrogens is 361 g/mol. The van der Waals surface area contributed by atoms with Crippen LogP contribution < -0.4 is 10.6 Å². The molecule has 2 amide bonds. The average Bonchev–Trinajstić information content (AvgIpc) is 3.08. The first-order valence-corrected chi connectivity index (χ1v) is 8.96. The van der Waals surface area contributed by atoms with Gasteiger partial charge in [0.1, 0.15) is 5.82 Å². The number of halogens is 1. The number of fused-ring (bicyclic) bond motifs is 1. The van der Waals surface area contributed by atoms with Crippen LogP contribution in [0.4, 0.5) is 20.6 Å². The quantitative estimate of drug-likeness (QED) is 0.725. The number of carbonyl (C=O) groups is 1. The summed E-state index contributed by atoms with van der Waals surface area (Å²) in [6.45, 7) is 2.28. The summed E-state index contributed by atoms with van der Waals surface area (Å²) < 4.78 is 14.7. The van der Waals surface area contributed by atoms with Crippen LogP contribution in [0.5, 0.6) is 0 Å². The fourth-order valence-electron chi connectivity index (χ4n) is 3.32. The van der Waals surface area contributed by atoms with Crippen molar-refractivity contribution in [3.05, 3.63) is 65.2 Å². The Labute approximate surface area is 161 Å². The lowest BCUT2D eigenvalue weighted by Gasteiger charge is -2.29. The molecule has 0 saturated heterocycles. The van der Waals surface area contributed by atoms with Gasteiger partial charge in [-0.3, -0.25) is 4.90 Å². The fourth-order valence-corrected chi connectivity index (χ4v) is 3.32. The summed E-state index contributed by atoms with van der Waals surface area (Å²) in [4.78, 5) is 14.6. The Balaban J connectivity index is 1.43. The van der Waals surface area contributed by atoms with Crippen LogP contribution in [0, 0.1) is 5.82 Å². The molecule has 9 heteroatoms. The van der Waals surface area contributed by atoms with E-state index < -0.39 is 0 Å². The number of hydrogen-bond acceptors (Lipinski definition) is 5. The number of anilines is 2. The molecule has 0 fully saturated rings. The zero-order valence-corrected chi connectivity index (χ0v) is 15.4. The number of tetrazole rings is 1. The molecule has 0 unspecified atom stereocenters. The highest BCUT2D eigenvalue weighted by Gasteiger charge is 2.21. The van der Waals surface area contributed by atoms with E-state index in [4.69, 9.17) is 0 Å². The first-order valence-electron chi connectivity index (χ1n) is 8.96. The summed E-state index contributed by atoms with van der Waals surface area (Å²) in [7, 11) is 1.83. The highest BCUT2D eigenvalue weighted by atomic mass is 19.1. The van der Waals surface area contributed by atoms with Gasteiger partial charge in [0.15, 0.2) is 5.82 Å². The van der Waals surface area contributed by atoms with Crippen molar-refractivity contribution >= 4 is 17.4 Å². The number of urea groups is 1. The molecule has 3 aromatic rings. The predicted octanol–water partition coefficient (Wildman–Crippen LogP) is 2.55. The molecule has 8 nitrogen and oxygen atoms in total. The van der Waals surface area contributed by atoms with Gasteiger partial charge in [-0.15, -0.1) is 5.10 Å². The number of aryl methyl sites for hydroxylation is 1. The molecule has 144 valence electrons. The van der Waals surface area contributed by atoms with Crippen molar-refractivity contribution in [2.24, 2.45) is 7.05 Å². The van der Waals surface area contributed by atoms with Crippen molar-refractivity contribution in [2.45, 2.75) is 19.5 Å². The van der Waals surface area contributed by atoms with Crippen molar-refractivity contribution < 1.29 is 9.18 Å². The lowest BCUT2D eigenvalue weighted by atomic mass is 9.97. The largest absolute Gasteiger partial charge is 0.323 e. The molecule has 1 aliphatic heterocycles. The van der Waals surface area contributed by atoms with E-state index in [-0.39, 0.29) is 11.8 Å². The molecule has 2 heterocycles. The van der Waals surface area contributed by atoms with Gasteiger partial charge >= 0.3 is 6.03 Å². The molecule has 0 spiro atoms. The lowest BCUT2D eigenvalue weighted by molar-refractivity contribution is 0.236. The number of benzene rings is 2. The van der Waals surface area contributed by atoms with Crippen LogP contribution in [0.25, 0.3) is 0 Å². The van der Waals surface area contributed by atoms with Crippen molar-refractivity contribution in [2.75, 3.05) is 17.2 Å². The van der Waals surface area contributed by atoms with Gasteiger partial charge in [-0.2, -0.15) is 0 Å². The molecule has 0 bridgehead atoms. The van der Waals surface area contributed by atoms with Gasteiger partial charge in [-0.25, -0.2) is 13.9 Å². The number of rotatable bonds is 4. The number of hydrogen-bond donors (Lipinski definition) is 2. The Morgan fingerprint density at radius 2 is 2.00 bits per heavy atom. The van der Waals surface area contributed by atoms with Gasteiger partial charge < -0.3 is 10.6 Å². The number of aromatic nitrogens is 4. The van der Waals surface area contributed by atoms with Gasteiger partial charge in [-0.1, -0.05) is 12.1 Å². The summed E-state index contributed by atoms with van der Waals surface area (Å²) in [5.74, 6) is 0.473. The minimum absolute atomic E-state index is 0.343. The average molecular weight is 381 g/mol. The van der Waals surface area contributed by atoms with Gasteiger partial charge in [-0.05, 0) is 58.3 Å². The van der Waals surface area contributed by atoms with Crippen LogP contribution >= 0.6 is 0 Å².